The van der Waals surface area contributed by atoms with E-state index in [4.69, 9.17) is 14.2 Å². The van der Waals surface area contributed by atoms with Crippen LogP contribution in [0.25, 0.3) is 0 Å². The molecule has 7 heteroatoms. The van der Waals surface area contributed by atoms with Gasteiger partial charge in [-0.3, -0.25) is 0 Å². The number of carbonyl (C=O) groups excluding carboxylic acids is 2. The topological polar surface area (TPSA) is 97.4 Å². The SMILES string of the molecule is CNC(=O)O/C=C(\C(=O)OC)[C@@H]1CC[C@]2(C)O[C@@]12CO. The summed E-state index contributed by atoms with van der Waals surface area (Å²) in [5.74, 6) is -0.943. The summed E-state index contributed by atoms with van der Waals surface area (Å²) in [6.45, 7) is 1.71. The van der Waals surface area contributed by atoms with E-state index in [9.17, 15) is 14.7 Å². The molecule has 1 heterocycles. The Bertz CT molecular complexity index is 462. The van der Waals surface area contributed by atoms with E-state index in [0.29, 0.717) is 6.42 Å². The number of hydrogen-bond donors (Lipinski definition) is 2. The number of esters is 1. The lowest BCUT2D eigenvalue weighted by Gasteiger charge is -2.20. The molecule has 2 rings (SSSR count). The summed E-state index contributed by atoms with van der Waals surface area (Å²) < 4.78 is 15.2. The van der Waals surface area contributed by atoms with E-state index in [1.165, 1.54) is 14.2 Å². The van der Waals surface area contributed by atoms with Gasteiger partial charge in [0, 0.05) is 13.0 Å². The molecule has 0 aromatic rings. The predicted octanol–water partition coefficient (Wildman–Crippen LogP) is 0.329. The van der Waals surface area contributed by atoms with Crippen molar-refractivity contribution in [1.29, 1.82) is 0 Å². The summed E-state index contributed by atoms with van der Waals surface area (Å²) in [4.78, 5) is 23.0. The molecule has 1 amide bonds. The molecule has 0 aromatic heterocycles. The Hall–Kier alpha value is -1.60. The molecular formula is C13H19NO6. The van der Waals surface area contributed by atoms with Crippen molar-refractivity contribution in [2.24, 2.45) is 5.92 Å². The summed E-state index contributed by atoms with van der Waals surface area (Å²) >= 11 is 0. The molecule has 7 nitrogen and oxygen atoms in total. The van der Waals surface area contributed by atoms with Crippen LogP contribution >= 0.6 is 0 Å². The summed E-state index contributed by atoms with van der Waals surface area (Å²) in [5.41, 5.74) is -1.00. The first-order chi connectivity index (χ1) is 9.44. The minimum absolute atomic E-state index is 0.192. The number of carbonyl (C=O) groups is 2. The number of aliphatic hydroxyl groups excluding tert-OH is 1. The molecule has 112 valence electrons. The fraction of sp³-hybridized carbons (Fsp3) is 0.692. The van der Waals surface area contributed by atoms with Gasteiger partial charge in [0.2, 0.25) is 0 Å². The Kier molecular flexibility index (Phi) is 3.75. The highest BCUT2D eigenvalue weighted by atomic mass is 16.6. The van der Waals surface area contributed by atoms with E-state index >= 15 is 0 Å². The second-order valence-electron chi connectivity index (χ2n) is 5.19. The van der Waals surface area contributed by atoms with Crippen molar-refractivity contribution in [1.82, 2.24) is 5.32 Å². The van der Waals surface area contributed by atoms with Crippen molar-refractivity contribution >= 4 is 12.1 Å². The Morgan fingerprint density at radius 1 is 1.55 bits per heavy atom. The lowest BCUT2D eigenvalue weighted by atomic mass is 9.85. The number of fused-ring (bicyclic) bond motifs is 1. The largest absolute Gasteiger partial charge is 0.466 e. The molecule has 0 bridgehead atoms. The van der Waals surface area contributed by atoms with Crippen LogP contribution in [0.1, 0.15) is 19.8 Å². The Balaban J connectivity index is 2.24. The van der Waals surface area contributed by atoms with E-state index in [2.05, 4.69) is 5.32 Å². The number of amides is 1. The quantitative estimate of drug-likeness (QED) is 0.334. The Morgan fingerprint density at radius 3 is 2.75 bits per heavy atom. The van der Waals surface area contributed by atoms with Gasteiger partial charge in [0.1, 0.15) is 11.9 Å². The van der Waals surface area contributed by atoms with E-state index in [1.54, 1.807) is 0 Å². The highest BCUT2D eigenvalue weighted by molar-refractivity contribution is 5.89. The first-order valence-corrected chi connectivity index (χ1v) is 6.42. The van der Waals surface area contributed by atoms with Gasteiger partial charge in [-0.1, -0.05) is 0 Å². The molecule has 2 aliphatic rings. The van der Waals surface area contributed by atoms with Crippen LogP contribution < -0.4 is 5.32 Å². The molecule has 2 N–H and O–H groups in total. The molecule has 1 aliphatic heterocycles. The van der Waals surface area contributed by atoms with Crippen molar-refractivity contribution in [2.75, 3.05) is 20.8 Å². The highest BCUT2D eigenvalue weighted by Crippen LogP contribution is 2.63. The van der Waals surface area contributed by atoms with E-state index in [-0.39, 0.29) is 18.1 Å². The molecule has 1 saturated heterocycles. The summed E-state index contributed by atoms with van der Waals surface area (Å²) in [6, 6.07) is 0. The Labute approximate surface area is 116 Å². The van der Waals surface area contributed by atoms with Crippen molar-refractivity contribution in [3.05, 3.63) is 11.8 Å². The third kappa shape index (κ3) is 2.06. The minimum Gasteiger partial charge on any atom is -0.466 e. The first-order valence-electron chi connectivity index (χ1n) is 6.42. The molecular weight excluding hydrogens is 266 g/mol. The average Bonchev–Trinajstić information content (AvgIpc) is 2.97. The van der Waals surface area contributed by atoms with Gasteiger partial charge in [0.15, 0.2) is 0 Å². The van der Waals surface area contributed by atoms with Gasteiger partial charge in [-0.15, -0.1) is 0 Å². The summed E-state index contributed by atoms with van der Waals surface area (Å²) in [6.07, 6.45) is 1.80. The van der Waals surface area contributed by atoms with Crippen LogP contribution in [-0.4, -0.2) is 49.1 Å². The van der Waals surface area contributed by atoms with Crippen LogP contribution in [-0.2, 0) is 19.0 Å². The molecule has 3 atom stereocenters. The lowest BCUT2D eigenvalue weighted by molar-refractivity contribution is -0.137. The predicted molar refractivity (Wildman–Crippen MR) is 67.7 cm³/mol. The third-order valence-electron chi connectivity index (χ3n) is 4.26. The van der Waals surface area contributed by atoms with Gasteiger partial charge < -0.3 is 24.6 Å². The maximum absolute atomic E-state index is 11.9. The van der Waals surface area contributed by atoms with Crippen LogP contribution in [0, 0.1) is 5.92 Å². The smallest absolute Gasteiger partial charge is 0.411 e. The Morgan fingerprint density at radius 2 is 2.25 bits per heavy atom. The van der Waals surface area contributed by atoms with Crippen LogP contribution in [0.2, 0.25) is 0 Å². The number of alkyl carbamates (subject to hydrolysis) is 1. The number of ether oxygens (including phenoxy) is 3. The molecule has 0 radical (unpaired) electrons. The highest BCUT2D eigenvalue weighted by Gasteiger charge is 2.74. The van der Waals surface area contributed by atoms with E-state index < -0.39 is 23.3 Å². The van der Waals surface area contributed by atoms with Gasteiger partial charge in [-0.2, -0.15) is 0 Å². The van der Waals surface area contributed by atoms with Gasteiger partial charge in [0.05, 0.1) is 24.9 Å². The summed E-state index contributed by atoms with van der Waals surface area (Å²) in [7, 11) is 2.67. The van der Waals surface area contributed by atoms with Crippen LogP contribution in [0.5, 0.6) is 0 Å². The van der Waals surface area contributed by atoms with Crippen molar-refractivity contribution in [3.63, 3.8) is 0 Å². The number of methoxy groups -OCH3 is 1. The molecule has 1 saturated carbocycles. The van der Waals surface area contributed by atoms with Crippen LogP contribution in [0.3, 0.4) is 0 Å². The second kappa shape index (κ2) is 5.06. The normalized spacial score (nSPS) is 35.2. The molecule has 20 heavy (non-hydrogen) atoms. The van der Waals surface area contributed by atoms with Gasteiger partial charge >= 0.3 is 12.1 Å². The minimum atomic E-state index is -0.779. The number of rotatable bonds is 4. The van der Waals surface area contributed by atoms with Crippen molar-refractivity contribution in [2.45, 2.75) is 31.0 Å². The van der Waals surface area contributed by atoms with Gasteiger partial charge in [-0.05, 0) is 19.8 Å². The number of aliphatic hydroxyl groups is 1. The zero-order chi connectivity index (χ0) is 15.0. The number of epoxide rings is 1. The second-order valence-corrected chi connectivity index (χ2v) is 5.19. The molecule has 0 spiro atoms. The maximum Gasteiger partial charge on any atom is 0.411 e. The van der Waals surface area contributed by atoms with Crippen LogP contribution in [0.15, 0.2) is 11.8 Å². The monoisotopic (exact) mass is 285 g/mol. The first kappa shape index (κ1) is 14.8. The van der Waals surface area contributed by atoms with Crippen molar-refractivity contribution < 1.29 is 28.9 Å². The van der Waals surface area contributed by atoms with Crippen LogP contribution in [0.4, 0.5) is 4.79 Å². The fourth-order valence-corrected chi connectivity index (χ4v) is 3.01. The molecule has 1 aliphatic carbocycles. The van der Waals surface area contributed by atoms with E-state index in [1.807, 2.05) is 6.92 Å². The number of nitrogens with one attached hydrogen (secondary N) is 1. The lowest BCUT2D eigenvalue weighted by Crippen LogP contribution is -2.33. The van der Waals surface area contributed by atoms with E-state index in [0.717, 1.165) is 12.7 Å². The van der Waals surface area contributed by atoms with Gasteiger partial charge in [-0.25, -0.2) is 9.59 Å². The van der Waals surface area contributed by atoms with Crippen molar-refractivity contribution in [3.8, 4) is 0 Å². The summed E-state index contributed by atoms with van der Waals surface area (Å²) in [5, 5.41) is 11.9. The molecule has 0 unspecified atom stereocenters. The average molecular weight is 285 g/mol. The standard InChI is InChI=1S/C13H19NO6/c1-12-5-4-9(13(12,7-15)20-12)8(10(16)18-3)6-19-11(17)14-2/h6,9,15H,4-5,7H2,1-3H3,(H,14,17)/b8-6-/t9-,12-,13-/m0/s1. The number of hydrogen-bond acceptors (Lipinski definition) is 6. The maximum atomic E-state index is 11.9. The molecule has 2 fully saturated rings. The zero-order valence-corrected chi connectivity index (χ0v) is 11.8. The molecule has 0 aromatic carbocycles. The third-order valence-corrected chi connectivity index (χ3v) is 4.26. The zero-order valence-electron chi connectivity index (χ0n) is 11.8. The van der Waals surface area contributed by atoms with Gasteiger partial charge in [0.25, 0.3) is 0 Å². The fourth-order valence-electron chi connectivity index (χ4n) is 3.01.